The van der Waals surface area contributed by atoms with Gasteiger partial charge in [-0.3, -0.25) is 4.79 Å². The van der Waals surface area contributed by atoms with Gasteiger partial charge in [0.05, 0.1) is 11.6 Å². The van der Waals surface area contributed by atoms with Crippen molar-refractivity contribution in [3.63, 3.8) is 0 Å². The predicted octanol–water partition coefficient (Wildman–Crippen LogP) is 1.16. The lowest BCUT2D eigenvalue weighted by Crippen LogP contribution is -2.56. The number of hydrogen-bond donors (Lipinski definition) is 2. The topological polar surface area (TPSA) is 93.4 Å². The fraction of sp³-hybridized carbons (Fsp3) is 0.400. The Labute approximate surface area is 135 Å². The van der Waals surface area contributed by atoms with Crippen molar-refractivity contribution in [3.8, 4) is 6.07 Å². The molecule has 0 aromatic heterocycles. The van der Waals surface area contributed by atoms with Gasteiger partial charge in [-0.2, -0.15) is 18.4 Å². The Morgan fingerprint density at radius 2 is 2.08 bits per heavy atom. The minimum atomic E-state index is -5.08. The second kappa shape index (κ2) is 6.88. The maximum atomic E-state index is 12.3. The molecule has 2 N–H and O–H groups in total. The molecule has 1 aromatic rings. The summed E-state index contributed by atoms with van der Waals surface area (Å²) >= 11 is 0. The molecule has 1 amide bonds. The maximum absolute atomic E-state index is 12.3. The number of hydrogen-bond acceptors (Lipinski definition) is 4. The molecule has 1 fully saturated rings. The number of alkyl halides is 3. The third-order valence-corrected chi connectivity index (χ3v) is 3.78. The normalized spacial score (nSPS) is 19.3. The second-order valence-electron chi connectivity index (χ2n) is 5.35. The number of carbonyl (C=O) groups is 2. The summed E-state index contributed by atoms with van der Waals surface area (Å²) in [5, 5.41) is 19.3. The van der Waals surface area contributed by atoms with Crippen molar-refractivity contribution in [2.45, 2.75) is 18.6 Å². The Hall–Kier alpha value is -2.60. The SMILES string of the molecule is N#Cc1ccc2c(c1)C(=O)N1CCNC[C@H]1C2.O=C(O)C(F)(F)F. The summed E-state index contributed by atoms with van der Waals surface area (Å²) in [6.45, 7) is 2.49. The van der Waals surface area contributed by atoms with Crippen molar-refractivity contribution >= 4 is 11.9 Å². The number of piperazine rings is 1. The van der Waals surface area contributed by atoms with Crippen LogP contribution in [-0.2, 0) is 11.2 Å². The van der Waals surface area contributed by atoms with E-state index in [9.17, 15) is 18.0 Å². The van der Waals surface area contributed by atoms with Crippen LogP contribution in [0.2, 0.25) is 0 Å². The predicted molar refractivity (Wildman–Crippen MR) is 76.2 cm³/mol. The van der Waals surface area contributed by atoms with E-state index < -0.39 is 12.1 Å². The number of nitriles is 1. The van der Waals surface area contributed by atoms with E-state index in [1.807, 2.05) is 11.0 Å². The van der Waals surface area contributed by atoms with Crippen LogP contribution in [0.15, 0.2) is 18.2 Å². The van der Waals surface area contributed by atoms with Crippen LogP contribution in [0.5, 0.6) is 0 Å². The van der Waals surface area contributed by atoms with Gasteiger partial charge in [-0.15, -0.1) is 0 Å². The summed E-state index contributed by atoms with van der Waals surface area (Å²) in [5.41, 5.74) is 2.34. The highest BCUT2D eigenvalue weighted by Crippen LogP contribution is 2.25. The van der Waals surface area contributed by atoms with Crippen LogP contribution in [0.25, 0.3) is 0 Å². The Bertz CT molecular complexity index is 697. The first kappa shape index (κ1) is 17.7. The van der Waals surface area contributed by atoms with E-state index >= 15 is 0 Å². The lowest BCUT2D eigenvalue weighted by molar-refractivity contribution is -0.192. The number of amides is 1. The van der Waals surface area contributed by atoms with Gasteiger partial charge >= 0.3 is 12.1 Å². The van der Waals surface area contributed by atoms with Crippen LogP contribution in [0.1, 0.15) is 21.5 Å². The number of nitrogens with one attached hydrogen (secondary N) is 1. The van der Waals surface area contributed by atoms with Crippen molar-refractivity contribution in [3.05, 3.63) is 34.9 Å². The Morgan fingerprint density at radius 1 is 1.42 bits per heavy atom. The van der Waals surface area contributed by atoms with Crippen molar-refractivity contribution in [1.82, 2.24) is 10.2 Å². The first-order valence-corrected chi connectivity index (χ1v) is 7.09. The number of carbonyl (C=O) groups excluding carboxylic acids is 1. The average Bonchev–Trinajstić information content (AvgIpc) is 2.54. The van der Waals surface area contributed by atoms with Crippen LogP contribution in [0.4, 0.5) is 13.2 Å². The summed E-state index contributed by atoms with van der Waals surface area (Å²) in [5.74, 6) is -2.68. The fourth-order valence-corrected chi connectivity index (χ4v) is 2.64. The highest BCUT2D eigenvalue weighted by Gasteiger charge is 2.38. The Balaban J connectivity index is 0.000000256. The molecule has 6 nitrogen and oxygen atoms in total. The summed E-state index contributed by atoms with van der Waals surface area (Å²) in [4.78, 5) is 23.1. The first-order chi connectivity index (χ1) is 11.2. The average molecular weight is 341 g/mol. The van der Waals surface area contributed by atoms with Crippen molar-refractivity contribution < 1.29 is 27.9 Å². The fourth-order valence-electron chi connectivity index (χ4n) is 2.64. The molecule has 0 saturated carbocycles. The van der Waals surface area contributed by atoms with Gasteiger partial charge in [0.25, 0.3) is 5.91 Å². The van der Waals surface area contributed by atoms with E-state index in [2.05, 4.69) is 11.4 Å². The van der Waals surface area contributed by atoms with E-state index in [-0.39, 0.29) is 11.9 Å². The lowest BCUT2D eigenvalue weighted by Gasteiger charge is -2.40. The molecule has 2 aliphatic heterocycles. The van der Waals surface area contributed by atoms with Crippen molar-refractivity contribution in [2.75, 3.05) is 19.6 Å². The van der Waals surface area contributed by atoms with Gasteiger partial charge in [0.1, 0.15) is 0 Å². The molecule has 2 heterocycles. The summed E-state index contributed by atoms with van der Waals surface area (Å²) in [6.07, 6.45) is -4.19. The van der Waals surface area contributed by atoms with Gasteiger partial charge in [0.2, 0.25) is 0 Å². The molecule has 0 aliphatic carbocycles. The number of rotatable bonds is 0. The smallest absolute Gasteiger partial charge is 0.475 e. The van der Waals surface area contributed by atoms with Crippen LogP contribution in [0, 0.1) is 11.3 Å². The molecular weight excluding hydrogens is 327 g/mol. The summed E-state index contributed by atoms with van der Waals surface area (Å²) in [7, 11) is 0. The number of carboxylic acid groups (broad SMARTS) is 1. The molecule has 2 aliphatic rings. The monoisotopic (exact) mass is 341 g/mol. The van der Waals surface area contributed by atoms with Gasteiger partial charge in [-0.1, -0.05) is 6.07 Å². The number of carboxylic acids is 1. The third kappa shape index (κ3) is 3.83. The van der Waals surface area contributed by atoms with Gasteiger partial charge in [0.15, 0.2) is 0 Å². The van der Waals surface area contributed by atoms with Gasteiger partial charge in [0, 0.05) is 31.2 Å². The molecule has 0 spiro atoms. The maximum Gasteiger partial charge on any atom is 0.490 e. The van der Waals surface area contributed by atoms with Gasteiger partial charge in [-0.05, 0) is 24.1 Å². The van der Waals surface area contributed by atoms with E-state index in [0.717, 1.165) is 31.6 Å². The molecule has 3 rings (SSSR count). The molecule has 128 valence electrons. The second-order valence-corrected chi connectivity index (χ2v) is 5.35. The molecule has 1 saturated heterocycles. The van der Waals surface area contributed by atoms with Gasteiger partial charge < -0.3 is 15.3 Å². The van der Waals surface area contributed by atoms with Crippen molar-refractivity contribution in [2.24, 2.45) is 0 Å². The third-order valence-electron chi connectivity index (χ3n) is 3.78. The van der Waals surface area contributed by atoms with E-state index in [1.165, 1.54) is 0 Å². The quantitative estimate of drug-likeness (QED) is 0.739. The summed E-state index contributed by atoms with van der Waals surface area (Å²) < 4.78 is 31.7. The largest absolute Gasteiger partial charge is 0.490 e. The van der Waals surface area contributed by atoms with Crippen LogP contribution >= 0.6 is 0 Å². The molecule has 24 heavy (non-hydrogen) atoms. The molecule has 0 bridgehead atoms. The molecule has 9 heteroatoms. The standard InChI is InChI=1S/C13H13N3O.C2HF3O2/c14-7-9-1-2-10-6-11-8-15-3-4-16(11)13(17)12(10)5-9;3-2(4,5)1(6)7/h1-2,5,11,15H,3-4,6,8H2;(H,6,7)/t11-;/m1./s1. The number of halogens is 3. The zero-order valence-corrected chi connectivity index (χ0v) is 12.4. The number of benzene rings is 1. The highest BCUT2D eigenvalue weighted by molar-refractivity contribution is 5.97. The van der Waals surface area contributed by atoms with E-state index in [1.54, 1.807) is 12.1 Å². The van der Waals surface area contributed by atoms with Crippen LogP contribution in [0.3, 0.4) is 0 Å². The van der Waals surface area contributed by atoms with Gasteiger partial charge in [-0.25, -0.2) is 4.79 Å². The first-order valence-electron chi connectivity index (χ1n) is 7.09. The zero-order chi connectivity index (χ0) is 17.9. The molecule has 1 atom stereocenters. The minimum absolute atomic E-state index is 0.0786. The molecule has 0 radical (unpaired) electrons. The van der Waals surface area contributed by atoms with Crippen LogP contribution in [-0.4, -0.2) is 53.7 Å². The molecule has 0 unspecified atom stereocenters. The lowest BCUT2D eigenvalue weighted by atomic mass is 9.91. The zero-order valence-electron chi connectivity index (χ0n) is 12.4. The molecule has 1 aromatic carbocycles. The van der Waals surface area contributed by atoms with Crippen LogP contribution < -0.4 is 5.32 Å². The molecular formula is C15H14F3N3O3. The van der Waals surface area contributed by atoms with Crippen molar-refractivity contribution in [1.29, 1.82) is 5.26 Å². The number of aliphatic carboxylic acids is 1. The summed E-state index contributed by atoms with van der Waals surface area (Å²) in [6, 6.07) is 7.78. The number of nitrogens with zero attached hydrogens (tertiary/aromatic N) is 2. The Kier molecular flexibility index (Phi) is 5.09. The highest BCUT2D eigenvalue weighted by atomic mass is 19.4. The number of fused-ring (bicyclic) bond motifs is 2. The minimum Gasteiger partial charge on any atom is -0.475 e. The van der Waals surface area contributed by atoms with E-state index in [0.29, 0.717) is 11.1 Å². The van der Waals surface area contributed by atoms with E-state index in [4.69, 9.17) is 15.2 Å². The Morgan fingerprint density at radius 3 is 2.67 bits per heavy atom.